The highest BCUT2D eigenvalue weighted by atomic mass is 35.5. The summed E-state index contributed by atoms with van der Waals surface area (Å²) < 4.78 is 27.4. The van der Waals surface area contributed by atoms with E-state index in [0.717, 1.165) is 28.3 Å². The quantitative estimate of drug-likeness (QED) is 0.401. The second kappa shape index (κ2) is 8.92. The largest absolute Gasteiger partial charge is 0.349 e. The number of piperazine rings is 1. The third-order valence-electron chi connectivity index (χ3n) is 6.43. The normalized spacial score (nSPS) is 19.3. The molecule has 2 atom stereocenters. The number of aromatic amines is 1. The van der Waals surface area contributed by atoms with Gasteiger partial charge in [0.05, 0.1) is 6.04 Å². The van der Waals surface area contributed by atoms with Crippen molar-refractivity contribution in [1.29, 1.82) is 0 Å². The van der Waals surface area contributed by atoms with Crippen LogP contribution in [0.4, 0.5) is 14.6 Å². The van der Waals surface area contributed by atoms with Crippen molar-refractivity contribution in [3.8, 4) is 0 Å². The third-order valence-corrected chi connectivity index (χ3v) is 6.60. The van der Waals surface area contributed by atoms with Gasteiger partial charge in [-0.05, 0) is 67.8 Å². The van der Waals surface area contributed by atoms with E-state index >= 15 is 0 Å². The number of aryl methyl sites for hydroxylation is 1. The van der Waals surface area contributed by atoms with Gasteiger partial charge in [0.2, 0.25) is 5.28 Å². The van der Waals surface area contributed by atoms with Gasteiger partial charge in [-0.2, -0.15) is 9.97 Å². The Morgan fingerprint density at radius 2 is 1.47 bits per heavy atom. The summed E-state index contributed by atoms with van der Waals surface area (Å²) in [4.78, 5) is 21.1. The van der Waals surface area contributed by atoms with E-state index in [-0.39, 0.29) is 35.0 Å². The fourth-order valence-electron chi connectivity index (χ4n) is 4.85. The van der Waals surface area contributed by atoms with E-state index in [4.69, 9.17) is 11.6 Å². The van der Waals surface area contributed by atoms with E-state index < -0.39 is 0 Å². The number of H-pyrrole nitrogens is 1. The summed E-state index contributed by atoms with van der Waals surface area (Å²) in [5.41, 5.74) is 3.22. The fraction of sp³-hybridized carbons (Fsp3) is 0.320. The van der Waals surface area contributed by atoms with Gasteiger partial charge in [-0.3, -0.25) is 4.90 Å². The number of anilines is 1. The monoisotopic (exact) mass is 482 g/mol. The van der Waals surface area contributed by atoms with E-state index in [1.165, 1.54) is 24.3 Å². The molecule has 9 heteroatoms. The second-order valence-electron chi connectivity index (χ2n) is 8.89. The lowest BCUT2D eigenvalue weighted by atomic mass is 9.93. The number of aromatic nitrogens is 4. The lowest BCUT2D eigenvalue weighted by Crippen LogP contribution is -2.57. The molecule has 0 saturated carbocycles. The standard InChI is InChI=1S/C25H25ClF2N6/c1-14-13-34(24-21-23(30-16(3)29-21)31-25(26)32-24)15(2)12-33(14)22(17-4-8-19(27)9-5-17)18-6-10-20(28)11-7-18/h4-11,14-15,22H,12-13H2,1-3H3,(H,29,30,31,32)/t14-,15+/m1/s1. The average molecular weight is 483 g/mol. The predicted molar refractivity (Wildman–Crippen MR) is 129 cm³/mol. The first-order chi connectivity index (χ1) is 16.3. The van der Waals surface area contributed by atoms with Crippen molar-refractivity contribution in [2.45, 2.75) is 38.9 Å². The zero-order valence-corrected chi connectivity index (χ0v) is 19.9. The highest BCUT2D eigenvalue weighted by molar-refractivity contribution is 6.28. The molecular weight excluding hydrogens is 458 g/mol. The maximum Gasteiger partial charge on any atom is 0.226 e. The molecule has 1 N–H and O–H groups in total. The van der Waals surface area contributed by atoms with Gasteiger partial charge >= 0.3 is 0 Å². The molecule has 3 heterocycles. The number of rotatable bonds is 4. The molecule has 0 unspecified atom stereocenters. The summed E-state index contributed by atoms with van der Waals surface area (Å²) in [6.07, 6.45) is 0. The van der Waals surface area contributed by atoms with Gasteiger partial charge in [-0.15, -0.1) is 0 Å². The Morgan fingerprint density at radius 1 is 0.882 bits per heavy atom. The molecule has 6 nitrogen and oxygen atoms in total. The minimum Gasteiger partial charge on any atom is -0.349 e. The lowest BCUT2D eigenvalue weighted by molar-refractivity contribution is 0.129. The van der Waals surface area contributed by atoms with E-state index in [1.54, 1.807) is 24.3 Å². The summed E-state index contributed by atoms with van der Waals surface area (Å²) in [5.74, 6) is 0.911. The fourth-order valence-corrected chi connectivity index (χ4v) is 5.01. The highest BCUT2D eigenvalue weighted by Gasteiger charge is 2.36. The Hall–Kier alpha value is -3.10. The molecule has 4 aromatic rings. The van der Waals surface area contributed by atoms with Gasteiger partial charge in [0.1, 0.15) is 23.0 Å². The summed E-state index contributed by atoms with van der Waals surface area (Å²) in [7, 11) is 0. The molecule has 34 heavy (non-hydrogen) atoms. The molecule has 0 bridgehead atoms. The van der Waals surface area contributed by atoms with E-state index in [0.29, 0.717) is 18.7 Å². The molecular formula is C25H25ClF2N6. The van der Waals surface area contributed by atoms with Crippen LogP contribution < -0.4 is 4.90 Å². The van der Waals surface area contributed by atoms with Crippen LogP contribution in [0.25, 0.3) is 11.2 Å². The SMILES string of the molecule is Cc1nc2nc(Cl)nc(N3C[C@@H](C)N(C(c4ccc(F)cc4)c4ccc(F)cc4)C[C@@H]3C)c2[nH]1. The van der Waals surface area contributed by atoms with Gasteiger partial charge in [0.25, 0.3) is 0 Å². The Balaban J connectivity index is 1.51. The van der Waals surface area contributed by atoms with Crippen LogP contribution in [-0.4, -0.2) is 50.0 Å². The summed E-state index contributed by atoms with van der Waals surface area (Å²) in [5, 5.41) is 0.159. The number of hydrogen-bond acceptors (Lipinski definition) is 5. The van der Waals surface area contributed by atoms with Crippen LogP contribution in [0.2, 0.25) is 5.28 Å². The Morgan fingerprint density at radius 3 is 2.06 bits per heavy atom. The molecule has 1 fully saturated rings. The first kappa shape index (κ1) is 22.7. The average Bonchev–Trinajstić information content (AvgIpc) is 3.18. The molecule has 0 amide bonds. The second-order valence-corrected chi connectivity index (χ2v) is 9.23. The first-order valence-electron chi connectivity index (χ1n) is 11.2. The first-order valence-corrected chi connectivity index (χ1v) is 11.6. The predicted octanol–water partition coefficient (Wildman–Crippen LogP) is 5.28. The highest BCUT2D eigenvalue weighted by Crippen LogP contribution is 2.35. The topological polar surface area (TPSA) is 60.9 Å². The van der Waals surface area contributed by atoms with E-state index in [1.807, 2.05) is 6.92 Å². The van der Waals surface area contributed by atoms with Crippen molar-refractivity contribution in [3.63, 3.8) is 0 Å². The molecule has 0 spiro atoms. The number of halogens is 3. The maximum absolute atomic E-state index is 13.7. The van der Waals surface area contributed by atoms with Gasteiger partial charge in [-0.25, -0.2) is 13.8 Å². The van der Waals surface area contributed by atoms with Crippen molar-refractivity contribution < 1.29 is 8.78 Å². The minimum atomic E-state index is -0.285. The molecule has 176 valence electrons. The molecule has 0 radical (unpaired) electrons. The van der Waals surface area contributed by atoms with Crippen molar-refractivity contribution in [3.05, 3.63) is 82.4 Å². The smallest absolute Gasteiger partial charge is 0.226 e. The number of nitrogens with zero attached hydrogens (tertiary/aromatic N) is 5. The zero-order chi connectivity index (χ0) is 24.0. The van der Waals surface area contributed by atoms with E-state index in [9.17, 15) is 8.78 Å². The van der Waals surface area contributed by atoms with Crippen LogP contribution in [0.1, 0.15) is 36.8 Å². The van der Waals surface area contributed by atoms with Gasteiger partial charge in [-0.1, -0.05) is 24.3 Å². The zero-order valence-electron chi connectivity index (χ0n) is 19.1. The molecule has 2 aromatic heterocycles. The van der Waals surface area contributed by atoms with Crippen molar-refractivity contribution in [2.24, 2.45) is 0 Å². The van der Waals surface area contributed by atoms with Crippen molar-refractivity contribution in [2.75, 3.05) is 18.0 Å². The van der Waals surface area contributed by atoms with Crippen LogP contribution in [0.5, 0.6) is 0 Å². The van der Waals surface area contributed by atoms with Crippen molar-refractivity contribution >= 4 is 28.6 Å². The summed E-state index contributed by atoms with van der Waals surface area (Å²) in [6, 6.07) is 13.1. The minimum absolute atomic E-state index is 0.0809. The lowest BCUT2D eigenvalue weighted by Gasteiger charge is -2.48. The van der Waals surface area contributed by atoms with Crippen LogP contribution in [0, 0.1) is 18.6 Å². The number of fused-ring (bicyclic) bond motifs is 1. The van der Waals surface area contributed by atoms with Crippen molar-refractivity contribution in [1.82, 2.24) is 24.8 Å². The summed E-state index contributed by atoms with van der Waals surface area (Å²) >= 11 is 6.23. The molecule has 1 aliphatic heterocycles. The molecule has 5 rings (SSSR count). The number of nitrogens with one attached hydrogen (secondary N) is 1. The Kier molecular flexibility index (Phi) is 5.95. The number of imidazole rings is 1. The number of hydrogen-bond donors (Lipinski definition) is 1. The van der Waals surface area contributed by atoms with Gasteiger partial charge in [0.15, 0.2) is 11.5 Å². The molecule has 1 saturated heterocycles. The molecule has 1 aliphatic rings. The number of benzene rings is 2. The Bertz CT molecular complexity index is 1260. The third kappa shape index (κ3) is 4.23. The molecule has 0 aliphatic carbocycles. The Labute approximate surface area is 201 Å². The van der Waals surface area contributed by atoms with Crippen LogP contribution >= 0.6 is 11.6 Å². The molecule has 2 aromatic carbocycles. The van der Waals surface area contributed by atoms with Crippen LogP contribution in [0.3, 0.4) is 0 Å². The van der Waals surface area contributed by atoms with Crippen LogP contribution in [-0.2, 0) is 0 Å². The van der Waals surface area contributed by atoms with Gasteiger partial charge < -0.3 is 9.88 Å². The van der Waals surface area contributed by atoms with E-state index in [2.05, 4.69) is 43.6 Å². The maximum atomic E-state index is 13.7. The summed E-state index contributed by atoms with van der Waals surface area (Å²) in [6.45, 7) is 7.55. The van der Waals surface area contributed by atoms with Crippen LogP contribution in [0.15, 0.2) is 48.5 Å². The van der Waals surface area contributed by atoms with Gasteiger partial charge in [0, 0.05) is 25.2 Å².